The monoisotopic (exact) mass is 247 g/mol. The quantitative estimate of drug-likeness (QED) is 0.881. The van der Waals surface area contributed by atoms with Crippen LogP contribution in [0.2, 0.25) is 0 Å². The van der Waals surface area contributed by atoms with Crippen LogP contribution in [0.15, 0.2) is 36.5 Å². The van der Waals surface area contributed by atoms with E-state index < -0.39 is 0 Å². The van der Waals surface area contributed by atoms with Gasteiger partial charge in [0.25, 0.3) is 0 Å². The van der Waals surface area contributed by atoms with Gasteiger partial charge < -0.3 is 5.11 Å². The smallest absolute Gasteiger partial charge is 0.0896 e. The van der Waals surface area contributed by atoms with Gasteiger partial charge in [-0.15, -0.1) is 11.3 Å². The Bertz CT molecular complexity index is 452. The van der Waals surface area contributed by atoms with Gasteiger partial charge in [-0.25, -0.2) is 4.98 Å². The first-order chi connectivity index (χ1) is 8.28. The normalized spacial score (nSPS) is 12.6. The average Bonchev–Trinajstić information content (AvgIpc) is 2.75. The Kier molecular flexibility index (Phi) is 4.29. The van der Waals surface area contributed by atoms with Crippen molar-refractivity contribution in [1.29, 1.82) is 0 Å². The van der Waals surface area contributed by atoms with Gasteiger partial charge >= 0.3 is 0 Å². The number of nitrogens with zero attached hydrogens (tertiary/aromatic N) is 1. The molecule has 3 heteroatoms. The Labute approximate surface area is 106 Å². The molecule has 0 fully saturated rings. The molecular weight excluding hydrogens is 230 g/mol. The molecule has 0 saturated heterocycles. The summed E-state index contributed by atoms with van der Waals surface area (Å²) in [5.74, 6) is 0.289. The third kappa shape index (κ3) is 3.65. The second-order valence-corrected chi connectivity index (χ2v) is 5.61. The number of rotatable bonds is 5. The summed E-state index contributed by atoms with van der Waals surface area (Å²) in [6.07, 6.45) is 3.76. The molecule has 0 aliphatic rings. The van der Waals surface area contributed by atoms with E-state index in [1.54, 1.807) is 11.3 Å². The molecule has 17 heavy (non-hydrogen) atoms. The van der Waals surface area contributed by atoms with E-state index in [4.69, 9.17) is 0 Å². The van der Waals surface area contributed by atoms with Crippen LogP contribution in [0.5, 0.6) is 0 Å². The third-order valence-corrected chi connectivity index (χ3v) is 3.72. The van der Waals surface area contributed by atoms with Gasteiger partial charge in [0, 0.05) is 17.7 Å². The van der Waals surface area contributed by atoms with Gasteiger partial charge in [0.15, 0.2) is 0 Å². The summed E-state index contributed by atoms with van der Waals surface area (Å²) < 4.78 is 0. The molecule has 1 heterocycles. The molecule has 0 amide bonds. The molecule has 0 aliphatic carbocycles. The van der Waals surface area contributed by atoms with Gasteiger partial charge in [-0.3, -0.25) is 0 Å². The second kappa shape index (κ2) is 5.94. The van der Waals surface area contributed by atoms with Crippen LogP contribution in [-0.2, 0) is 12.8 Å². The molecule has 1 aromatic heterocycles. The lowest BCUT2D eigenvalue weighted by Crippen LogP contribution is -2.12. The molecule has 0 bridgehead atoms. The Hall–Kier alpha value is -1.19. The maximum Gasteiger partial charge on any atom is 0.0896 e. The maximum atomic E-state index is 9.44. The molecule has 90 valence electrons. The molecule has 1 unspecified atom stereocenters. The fourth-order valence-corrected chi connectivity index (χ4v) is 2.84. The van der Waals surface area contributed by atoms with E-state index in [1.807, 2.05) is 31.3 Å². The molecule has 0 spiro atoms. The Morgan fingerprint density at radius 1 is 1.24 bits per heavy atom. The fraction of sp³-hybridized carbons (Fsp3) is 0.357. The summed E-state index contributed by atoms with van der Waals surface area (Å²) in [4.78, 5) is 5.51. The second-order valence-electron chi connectivity index (χ2n) is 4.29. The standard InChI is InChI=1S/C14H17NOS/c1-11-15-9-14(17-11)8-13(10-16)7-12-5-3-2-4-6-12/h2-6,9,13,16H,7-8,10H2,1H3. The van der Waals surface area contributed by atoms with Crippen molar-refractivity contribution < 1.29 is 5.11 Å². The molecule has 0 saturated carbocycles. The summed E-state index contributed by atoms with van der Waals surface area (Å²) in [6, 6.07) is 10.3. The van der Waals surface area contributed by atoms with Gasteiger partial charge in [-0.1, -0.05) is 30.3 Å². The number of aliphatic hydroxyl groups is 1. The highest BCUT2D eigenvalue weighted by atomic mass is 32.1. The van der Waals surface area contributed by atoms with E-state index in [0.717, 1.165) is 17.8 Å². The average molecular weight is 247 g/mol. The number of benzene rings is 1. The first-order valence-corrected chi connectivity index (χ1v) is 6.65. The van der Waals surface area contributed by atoms with Gasteiger partial charge in [-0.2, -0.15) is 0 Å². The van der Waals surface area contributed by atoms with Crippen molar-refractivity contribution in [3.05, 3.63) is 52.0 Å². The first-order valence-electron chi connectivity index (χ1n) is 5.84. The molecule has 0 radical (unpaired) electrons. The molecule has 2 nitrogen and oxygen atoms in total. The van der Waals surface area contributed by atoms with E-state index in [0.29, 0.717) is 0 Å². The number of thiazole rings is 1. The van der Waals surface area contributed by atoms with Crippen LogP contribution >= 0.6 is 11.3 Å². The molecule has 0 aliphatic heterocycles. The molecule has 2 aromatic rings. The number of aryl methyl sites for hydroxylation is 1. The molecule has 2 rings (SSSR count). The lowest BCUT2D eigenvalue weighted by molar-refractivity contribution is 0.225. The van der Waals surface area contributed by atoms with E-state index in [9.17, 15) is 5.11 Å². The lowest BCUT2D eigenvalue weighted by Gasteiger charge is -2.12. The van der Waals surface area contributed by atoms with Crippen LogP contribution in [0, 0.1) is 12.8 Å². The predicted molar refractivity (Wildman–Crippen MR) is 71.3 cm³/mol. The SMILES string of the molecule is Cc1ncc(CC(CO)Cc2ccccc2)s1. The highest BCUT2D eigenvalue weighted by Gasteiger charge is 2.11. The predicted octanol–water partition coefficient (Wildman–Crippen LogP) is 2.85. The van der Waals surface area contributed by atoms with E-state index >= 15 is 0 Å². The molecule has 1 aromatic carbocycles. The van der Waals surface area contributed by atoms with Crippen molar-refractivity contribution in [3.63, 3.8) is 0 Å². The van der Waals surface area contributed by atoms with Crippen molar-refractivity contribution in [2.24, 2.45) is 5.92 Å². The van der Waals surface area contributed by atoms with Crippen molar-refractivity contribution in [1.82, 2.24) is 4.98 Å². The number of aromatic nitrogens is 1. The van der Waals surface area contributed by atoms with Crippen LogP contribution in [0.4, 0.5) is 0 Å². The molecule has 1 atom stereocenters. The molecule has 1 N–H and O–H groups in total. The van der Waals surface area contributed by atoms with E-state index in [-0.39, 0.29) is 12.5 Å². The van der Waals surface area contributed by atoms with Crippen molar-refractivity contribution in [2.45, 2.75) is 19.8 Å². The number of hydrogen-bond donors (Lipinski definition) is 1. The van der Waals surface area contributed by atoms with Crippen LogP contribution in [0.25, 0.3) is 0 Å². The summed E-state index contributed by atoms with van der Waals surface area (Å²) in [5.41, 5.74) is 1.28. The van der Waals surface area contributed by atoms with Crippen LogP contribution < -0.4 is 0 Å². The van der Waals surface area contributed by atoms with E-state index in [2.05, 4.69) is 17.1 Å². The van der Waals surface area contributed by atoms with Gasteiger partial charge in [-0.05, 0) is 31.2 Å². The minimum absolute atomic E-state index is 0.228. The van der Waals surface area contributed by atoms with E-state index in [1.165, 1.54) is 10.4 Å². The van der Waals surface area contributed by atoms with Crippen molar-refractivity contribution in [3.8, 4) is 0 Å². The third-order valence-electron chi connectivity index (χ3n) is 2.78. The lowest BCUT2D eigenvalue weighted by atomic mass is 9.96. The largest absolute Gasteiger partial charge is 0.396 e. The van der Waals surface area contributed by atoms with Gasteiger partial charge in [0.1, 0.15) is 0 Å². The van der Waals surface area contributed by atoms with Gasteiger partial charge in [0.2, 0.25) is 0 Å². The summed E-state index contributed by atoms with van der Waals surface area (Å²) in [6.45, 7) is 2.24. The summed E-state index contributed by atoms with van der Waals surface area (Å²) in [7, 11) is 0. The minimum atomic E-state index is 0.228. The summed E-state index contributed by atoms with van der Waals surface area (Å²) >= 11 is 1.72. The zero-order chi connectivity index (χ0) is 12.1. The zero-order valence-corrected chi connectivity index (χ0v) is 10.8. The fourth-order valence-electron chi connectivity index (χ4n) is 1.93. The topological polar surface area (TPSA) is 33.1 Å². The van der Waals surface area contributed by atoms with Crippen molar-refractivity contribution in [2.75, 3.05) is 6.61 Å². The van der Waals surface area contributed by atoms with Gasteiger partial charge in [0.05, 0.1) is 5.01 Å². The number of aliphatic hydroxyl groups excluding tert-OH is 1. The summed E-state index contributed by atoms with van der Waals surface area (Å²) in [5, 5.41) is 10.5. The first kappa shape index (κ1) is 12.3. The maximum absolute atomic E-state index is 9.44. The Morgan fingerprint density at radius 2 is 2.00 bits per heavy atom. The minimum Gasteiger partial charge on any atom is -0.396 e. The van der Waals surface area contributed by atoms with Crippen LogP contribution in [-0.4, -0.2) is 16.7 Å². The highest BCUT2D eigenvalue weighted by molar-refractivity contribution is 7.11. The Balaban J connectivity index is 1.98. The number of hydrogen-bond acceptors (Lipinski definition) is 3. The van der Waals surface area contributed by atoms with Crippen LogP contribution in [0.1, 0.15) is 15.4 Å². The Morgan fingerprint density at radius 3 is 2.59 bits per heavy atom. The van der Waals surface area contributed by atoms with Crippen LogP contribution in [0.3, 0.4) is 0 Å². The highest BCUT2D eigenvalue weighted by Crippen LogP contribution is 2.19. The molecular formula is C14H17NOS. The van der Waals surface area contributed by atoms with Crippen molar-refractivity contribution >= 4 is 11.3 Å². The zero-order valence-electron chi connectivity index (χ0n) is 9.97.